The number of hydrogen-bond donors (Lipinski definition) is 0. The van der Waals surface area contributed by atoms with Crippen LogP contribution in [0.4, 0.5) is 17.6 Å². The Hall–Kier alpha value is -2.42. The first-order chi connectivity index (χ1) is 8.93. The maximum absolute atomic E-state index is 13.6. The molecule has 6 heteroatoms. The molecule has 0 spiro atoms. The van der Waals surface area contributed by atoms with E-state index >= 15 is 0 Å². The van der Waals surface area contributed by atoms with Gasteiger partial charge in [-0.1, -0.05) is 18.2 Å². The number of halogens is 4. The average Bonchev–Trinajstić information content (AvgIpc) is 2.37. The van der Waals surface area contributed by atoms with E-state index in [1.54, 1.807) is 6.07 Å². The number of pyridine rings is 1. The fourth-order valence-electron chi connectivity index (χ4n) is 1.59. The SMILES string of the molecule is N#Cc1ncc(C(F)(F)F)cc1-c1ccccc1F. The van der Waals surface area contributed by atoms with Crippen molar-refractivity contribution in [2.24, 2.45) is 0 Å². The summed E-state index contributed by atoms with van der Waals surface area (Å²) < 4.78 is 51.4. The van der Waals surface area contributed by atoms with Crippen molar-refractivity contribution in [3.05, 3.63) is 53.6 Å². The van der Waals surface area contributed by atoms with Crippen molar-refractivity contribution in [1.82, 2.24) is 4.98 Å². The molecule has 0 fully saturated rings. The van der Waals surface area contributed by atoms with Crippen LogP contribution in [-0.2, 0) is 6.18 Å². The van der Waals surface area contributed by atoms with Gasteiger partial charge < -0.3 is 0 Å². The maximum atomic E-state index is 13.6. The zero-order valence-electron chi connectivity index (χ0n) is 9.37. The van der Waals surface area contributed by atoms with Gasteiger partial charge in [-0.3, -0.25) is 0 Å². The standard InChI is InChI=1S/C13H6F4N2/c14-11-4-2-1-3-9(11)10-5-8(13(15,16)17)7-19-12(10)6-18/h1-5,7H. The number of nitrogens with zero attached hydrogens (tertiary/aromatic N) is 2. The van der Waals surface area contributed by atoms with Crippen molar-refractivity contribution in [2.75, 3.05) is 0 Å². The molecule has 2 rings (SSSR count). The maximum Gasteiger partial charge on any atom is 0.417 e. The third-order valence-corrected chi connectivity index (χ3v) is 2.48. The summed E-state index contributed by atoms with van der Waals surface area (Å²) in [5.41, 5.74) is -1.53. The van der Waals surface area contributed by atoms with Gasteiger partial charge in [-0.15, -0.1) is 0 Å². The van der Waals surface area contributed by atoms with E-state index in [0.717, 1.165) is 12.1 Å². The summed E-state index contributed by atoms with van der Waals surface area (Å²) in [4.78, 5) is 3.43. The highest BCUT2D eigenvalue weighted by Gasteiger charge is 2.32. The average molecular weight is 266 g/mol. The van der Waals surface area contributed by atoms with E-state index in [-0.39, 0.29) is 16.8 Å². The Balaban J connectivity index is 2.68. The smallest absolute Gasteiger partial charge is 0.244 e. The zero-order chi connectivity index (χ0) is 14.0. The lowest BCUT2D eigenvalue weighted by Gasteiger charge is -2.10. The Kier molecular flexibility index (Phi) is 3.21. The minimum Gasteiger partial charge on any atom is -0.244 e. The molecule has 0 radical (unpaired) electrons. The highest BCUT2D eigenvalue weighted by molar-refractivity contribution is 5.69. The van der Waals surface area contributed by atoms with Crippen LogP contribution in [0.3, 0.4) is 0 Å². The molecule has 0 bridgehead atoms. The molecule has 0 saturated carbocycles. The summed E-state index contributed by atoms with van der Waals surface area (Å²) in [5, 5.41) is 8.85. The summed E-state index contributed by atoms with van der Waals surface area (Å²) in [6.07, 6.45) is -4.04. The molecule has 1 aromatic heterocycles. The Labute approximate surface area is 105 Å². The van der Waals surface area contributed by atoms with Crippen LogP contribution >= 0.6 is 0 Å². The van der Waals surface area contributed by atoms with Crippen LogP contribution in [0.25, 0.3) is 11.1 Å². The summed E-state index contributed by atoms with van der Waals surface area (Å²) >= 11 is 0. The third-order valence-electron chi connectivity index (χ3n) is 2.48. The normalized spacial score (nSPS) is 11.1. The van der Waals surface area contributed by atoms with Crippen LogP contribution in [0.2, 0.25) is 0 Å². The molecule has 0 aliphatic carbocycles. The molecule has 96 valence electrons. The molecule has 0 N–H and O–H groups in total. The molecule has 2 nitrogen and oxygen atoms in total. The van der Waals surface area contributed by atoms with Crippen LogP contribution < -0.4 is 0 Å². The quantitative estimate of drug-likeness (QED) is 0.736. The Morgan fingerprint density at radius 3 is 2.37 bits per heavy atom. The highest BCUT2D eigenvalue weighted by Crippen LogP contribution is 2.33. The van der Waals surface area contributed by atoms with Gasteiger partial charge in [0.05, 0.1) is 5.56 Å². The van der Waals surface area contributed by atoms with Gasteiger partial charge in [-0.25, -0.2) is 9.37 Å². The van der Waals surface area contributed by atoms with Gasteiger partial charge in [0.25, 0.3) is 0 Å². The van der Waals surface area contributed by atoms with Crippen LogP contribution in [-0.4, -0.2) is 4.98 Å². The highest BCUT2D eigenvalue weighted by atomic mass is 19.4. The molecule has 1 heterocycles. The molecule has 1 aromatic carbocycles. The van der Waals surface area contributed by atoms with Crippen molar-refractivity contribution in [2.45, 2.75) is 6.18 Å². The van der Waals surface area contributed by atoms with Crippen molar-refractivity contribution < 1.29 is 17.6 Å². The minimum absolute atomic E-state index is 0.0855. The van der Waals surface area contributed by atoms with Crippen molar-refractivity contribution in [1.29, 1.82) is 5.26 Å². The zero-order valence-corrected chi connectivity index (χ0v) is 9.37. The summed E-state index contributed by atoms with van der Waals surface area (Å²) in [6.45, 7) is 0. The van der Waals surface area contributed by atoms with Gasteiger partial charge in [-0.2, -0.15) is 18.4 Å². The second-order valence-corrected chi connectivity index (χ2v) is 3.71. The molecule has 0 amide bonds. The summed E-state index contributed by atoms with van der Waals surface area (Å²) in [5.74, 6) is -0.708. The van der Waals surface area contributed by atoms with E-state index in [9.17, 15) is 17.6 Å². The first-order valence-electron chi connectivity index (χ1n) is 5.15. The van der Waals surface area contributed by atoms with Crippen LogP contribution in [0.1, 0.15) is 11.3 Å². The van der Waals surface area contributed by atoms with E-state index in [1.165, 1.54) is 18.2 Å². The predicted molar refractivity (Wildman–Crippen MR) is 59.3 cm³/mol. The lowest BCUT2D eigenvalue weighted by atomic mass is 10.0. The molecular formula is C13H6F4N2. The minimum atomic E-state index is -4.60. The lowest BCUT2D eigenvalue weighted by Crippen LogP contribution is -2.07. The Morgan fingerprint density at radius 1 is 1.11 bits per heavy atom. The molecular weight excluding hydrogens is 260 g/mol. The van der Waals surface area contributed by atoms with Gasteiger partial charge in [-0.05, 0) is 12.1 Å². The molecule has 0 aliphatic heterocycles. The van der Waals surface area contributed by atoms with Crippen LogP contribution in [0.5, 0.6) is 0 Å². The molecule has 19 heavy (non-hydrogen) atoms. The van der Waals surface area contributed by atoms with E-state index in [0.29, 0.717) is 6.20 Å². The third kappa shape index (κ3) is 2.55. The van der Waals surface area contributed by atoms with Gasteiger partial charge in [0.15, 0.2) is 0 Å². The lowest BCUT2D eigenvalue weighted by molar-refractivity contribution is -0.137. The predicted octanol–water partition coefficient (Wildman–Crippen LogP) is 3.78. The van der Waals surface area contributed by atoms with E-state index in [1.807, 2.05) is 0 Å². The van der Waals surface area contributed by atoms with Crippen molar-refractivity contribution >= 4 is 0 Å². The van der Waals surface area contributed by atoms with Gasteiger partial charge in [0, 0.05) is 17.3 Å². The summed E-state index contributed by atoms with van der Waals surface area (Å²) in [7, 11) is 0. The molecule has 0 unspecified atom stereocenters. The van der Waals surface area contributed by atoms with Gasteiger partial charge >= 0.3 is 6.18 Å². The number of alkyl halides is 3. The molecule has 0 atom stereocenters. The van der Waals surface area contributed by atoms with Crippen LogP contribution in [0.15, 0.2) is 36.5 Å². The largest absolute Gasteiger partial charge is 0.417 e. The molecule has 2 aromatic rings. The van der Waals surface area contributed by atoms with Crippen LogP contribution in [0, 0.1) is 17.1 Å². The Morgan fingerprint density at radius 2 is 1.79 bits per heavy atom. The molecule has 0 aliphatic rings. The van der Waals surface area contributed by atoms with E-state index in [4.69, 9.17) is 5.26 Å². The number of aromatic nitrogens is 1. The Bertz CT molecular complexity index is 656. The first-order valence-corrected chi connectivity index (χ1v) is 5.15. The van der Waals surface area contributed by atoms with Gasteiger partial charge in [0.1, 0.15) is 17.6 Å². The van der Waals surface area contributed by atoms with E-state index < -0.39 is 17.6 Å². The second-order valence-electron chi connectivity index (χ2n) is 3.71. The first kappa shape index (κ1) is 13.0. The van der Waals surface area contributed by atoms with E-state index in [2.05, 4.69) is 4.98 Å². The molecule has 0 saturated heterocycles. The van der Waals surface area contributed by atoms with Gasteiger partial charge in [0.2, 0.25) is 0 Å². The number of rotatable bonds is 1. The number of hydrogen-bond acceptors (Lipinski definition) is 2. The topological polar surface area (TPSA) is 36.7 Å². The monoisotopic (exact) mass is 266 g/mol. The summed E-state index contributed by atoms with van der Waals surface area (Å²) in [6, 6.07) is 7.67. The number of nitriles is 1. The fraction of sp³-hybridized carbons (Fsp3) is 0.0769. The van der Waals surface area contributed by atoms with Crippen molar-refractivity contribution in [3.63, 3.8) is 0 Å². The van der Waals surface area contributed by atoms with Crippen molar-refractivity contribution in [3.8, 4) is 17.2 Å². The fourth-order valence-corrected chi connectivity index (χ4v) is 1.59. The second kappa shape index (κ2) is 4.69. The number of benzene rings is 1.